The number of phenols is 1. The van der Waals surface area contributed by atoms with Gasteiger partial charge in [0.1, 0.15) is 19.2 Å². The molecule has 82 valence electrons. The standard InChI is InChI=1S/C11H11BO4/c1-2-15-11(14)9-4-6-3-7(13)5-8(12)10(6)16-9/h3-5,13H,2,12H2,1H3. The zero-order valence-corrected chi connectivity index (χ0v) is 9.11. The molecule has 0 aliphatic rings. The van der Waals surface area contributed by atoms with Crippen LogP contribution in [0.5, 0.6) is 5.75 Å². The van der Waals surface area contributed by atoms with Crippen LogP contribution in [0.3, 0.4) is 0 Å². The highest BCUT2D eigenvalue weighted by Crippen LogP contribution is 2.22. The average molecular weight is 218 g/mol. The molecule has 1 aromatic carbocycles. The van der Waals surface area contributed by atoms with E-state index in [1.54, 1.807) is 33.0 Å². The highest BCUT2D eigenvalue weighted by molar-refractivity contribution is 6.38. The molecule has 0 radical (unpaired) electrons. The Morgan fingerprint density at radius 3 is 2.94 bits per heavy atom. The lowest BCUT2D eigenvalue weighted by molar-refractivity contribution is 0.0493. The van der Waals surface area contributed by atoms with Gasteiger partial charge in [-0.25, -0.2) is 4.79 Å². The molecule has 1 aromatic heterocycles. The summed E-state index contributed by atoms with van der Waals surface area (Å²) in [7, 11) is 1.81. The summed E-state index contributed by atoms with van der Waals surface area (Å²) in [4.78, 5) is 11.4. The number of rotatable bonds is 2. The van der Waals surface area contributed by atoms with E-state index in [9.17, 15) is 9.90 Å². The molecule has 0 aliphatic heterocycles. The van der Waals surface area contributed by atoms with Crippen LogP contribution in [0.25, 0.3) is 11.0 Å². The summed E-state index contributed by atoms with van der Waals surface area (Å²) in [6, 6.07) is 4.70. The van der Waals surface area contributed by atoms with Crippen molar-refractivity contribution in [2.75, 3.05) is 6.61 Å². The zero-order valence-electron chi connectivity index (χ0n) is 9.11. The normalized spacial score (nSPS) is 10.6. The van der Waals surface area contributed by atoms with Gasteiger partial charge in [-0.2, -0.15) is 0 Å². The third-order valence-corrected chi connectivity index (χ3v) is 2.26. The molecule has 5 heteroatoms. The first-order valence-electron chi connectivity index (χ1n) is 5.02. The fourth-order valence-corrected chi connectivity index (χ4v) is 1.61. The van der Waals surface area contributed by atoms with Gasteiger partial charge in [0.05, 0.1) is 6.61 Å². The number of furan rings is 1. The molecule has 0 aliphatic carbocycles. The summed E-state index contributed by atoms with van der Waals surface area (Å²) >= 11 is 0. The summed E-state index contributed by atoms with van der Waals surface area (Å²) in [5.41, 5.74) is 1.38. The number of carbonyl (C=O) groups excluding carboxylic acids is 1. The van der Waals surface area contributed by atoms with Crippen molar-refractivity contribution < 1.29 is 19.1 Å². The van der Waals surface area contributed by atoms with Crippen molar-refractivity contribution in [1.82, 2.24) is 0 Å². The smallest absolute Gasteiger partial charge is 0.374 e. The summed E-state index contributed by atoms with van der Waals surface area (Å²) in [6.07, 6.45) is 0. The Morgan fingerprint density at radius 2 is 2.25 bits per heavy atom. The topological polar surface area (TPSA) is 59.7 Å². The van der Waals surface area contributed by atoms with Gasteiger partial charge < -0.3 is 14.3 Å². The number of benzene rings is 1. The molecule has 16 heavy (non-hydrogen) atoms. The van der Waals surface area contributed by atoms with Gasteiger partial charge in [0, 0.05) is 5.39 Å². The Balaban J connectivity index is 2.51. The highest BCUT2D eigenvalue weighted by Gasteiger charge is 2.14. The van der Waals surface area contributed by atoms with Crippen LogP contribution in [0.4, 0.5) is 0 Å². The van der Waals surface area contributed by atoms with Gasteiger partial charge in [0.2, 0.25) is 5.76 Å². The summed E-state index contributed by atoms with van der Waals surface area (Å²) in [6.45, 7) is 2.04. The summed E-state index contributed by atoms with van der Waals surface area (Å²) in [5.74, 6) is -0.177. The first-order valence-corrected chi connectivity index (χ1v) is 5.02. The maximum atomic E-state index is 11.4. The van der Waals surface area contributed by atoms with Crippen molar-refractivity contribution in [3.8, 4) is 5.75 Å². The van der Waals surface area contributed by atoms with E-state index in [0.29, 0.717) is 17.6 Å². The Labute approximate surface area is 93.2 Å². The van der Waals surface area contributed by atoms with Crippen molar-refractivity contribution in [1.29, 1.82) is 0 Å². The zero-order chi connectivity index (χ0) is 11.7. The van der Waals surface area contributed by atoms with E-state index < -0.39 is 5.97 Å². The van der Waals surface area contributed by atoms with E-state index in [1.807, 2.05) is 0 Å². The van der Waals surface area contributed by atoms with Crippen LogP contribution >= 0.6 is 0 Å². The Hall–Kier alpha value is -1.91. The lowest BCUT2D eigenvalue weighted by atomic mass is 9.94. The van der Waals surface area contributed by atoms with Crippen molar-refractivity contribution in [2.24, 2.45) is 0 Å². The van der Waals surface area contributed by atoms with E-state index >= 15 is 0 Å². The first-order chi connectivity index (χ1) is 7.61. The number of carbonyl (C=O) groups is 1. The molecule has 0 unspecified atom stereocenters. The number of fused-ring (bicyclic) bond motifs is 1. The van der Waals surface area contributed by atoms with Crippen LogP contribution in [-0.2, 0) is 4.74 Å². The van der Waals surface area contributed by atoms with Crippen molar-refractivity contribution in [3.05, 3.63) is 24.0 Å². The predicted octanol–water partition coefficient (Wildman–Crippen LogP) is 0.573. The second kappa shape index (κ2) is 3.92. The van der Waals surface area contributed by atoms with Gasteiger partial charge in [0.25, 0.3) is 0 Å². The monoisotopic (exact) mass is 218 g/mol. The largest absolute Gasteiger partial charge is 0.508 e. The minimum Gasteiger partial charge on any atom is -0.508 e. The number of hydrogen-bond acceptors (Lipinski definition) is 4. The van der Waals surface area contributed by atoms with E-state index in [4.69, 9.17) is 9.15 Å². The summed E-state index contributed by atoms with van der Waals surface area (Å²) in [5, 5.41) is 10.1. The number of esters is 1. The Morgan fingerprint density at radius 1 is 1.50 bits per heavy atom. The lowest BCUT2D eigenvalue weighted by Gasteiger charge is -1.97. The fourth-order valence-electron chi connectivity index (χ4n) is 1.61. The van der Waals surface area contributed by atoms with Crippen molar-refractivity contribution in [2.45, 2.75) is 6.92 Å². The molecule has 4 nitrogen and oxygen atoms in total. The van der Waals surface area contributed by atoms with Gasteiger partial charge in [-0.1, -0.05) is 0 Å². The van der Waals surface area contributed by atoms with Gasteiger partial charge in [-0.3, -0.25) is 0 Å². The molecule has 0 atom stereocenters. The quantitative estimate of drug-likeness (QED) is 0.591. The SMILES string of the molecule is Bc1cc(O)cc2cc(C(=O)OCC)oc12. The molecule has 0 saturated heterocycles. The summed E-state index contributed by atoms with van der Waals surface area (Å²) < 4.78 is 10.2. The van der Waals surface area contributed by atoms with E-state index in [0.717, 1.165) is 5.46 Å². The van der Waals surface area contributed by atoms with Crippen LogP contribution in [0.2, 0.25) is 0 Å². The van der Waals surface area contributed by atoms with Gasteiger partial charge in [-0.05, 0) is 30.6 Å². The number of aromatic hydroxyl groups is 1. The van der Waals surface area contributed by atoms with Crippen LogP contribution in [-0.4, -0.2) is 25.5 Å². The molecule has 2 aromatic rings. The Kier molecular flexibility index (Phi) is 2.60. The molecule has 0 saturated carbocycles. The van der Waals surface area contributed by atoms with E-state index in [2.05, 4.69) is 0 Å². The molecule has 1 N–H and O–H groups in total. The Bertz CT molecular complexity index is 544. The first kappa shape index (κ1) is 10.6. The number of hydrogen-bond donors (Lipinski definition) is 1. The van der Waals surface area contributed by atoms with E-state index in [1.165, 1.54) is 0 Å². The average Bonchev–Trinajstić information content (AvgIpc) is 2.62. The lowest BCUT2D eigenvalue weighted by Crippen LogP contribution is -2.03. The third-order valence-electron chi connectivity index (χ3n) is 2.26. The maximum absolute atomic E-state index is 11.4. The van der Waals surface area contributed by atoms with Crippen LogP contribution < -0.4 is 5.46 Å². The van der Waals surface area contributed by atoms with Crippen molar-refractivity contribution in [3.63, 3.8) is 0 Å². The van der Waals surface area contributed by atoms with Gasteiger partial charge >= 0.3 is 5.97 Å². The molecule has 1 heterocycles. The number of ether oxygens (including phenoxy) is 1. The molecule has 0 fully saturated rings. The molecule has 0 amide bonds. The molecule has 0 spiro atoms. The maximum Gasteiger partial charge on any atom is 0.374 e. The minimum absolute atomic E-state index is 0.154. The molecule has 0 bridgehead atoms. The van der Waals surface area contributed by atoms with Gasteiger partial charge in [-0.15, -0.1) is 0 Å². The molecule has 2 rings (SSSR count). The van der Waals surface area contributed by atoms with Crippen LogP contribution in [0, 0.1) is 0 Å². The number of phenolic OH excluding ortho intramolecular Hbond substituents is 1. The second-order valence-corrected chi connectivity index (χ2v) is 3.51. The fraction of sp³-hybridized carbons (Fsp3) is 0.182. The van der Waals surface area contributed by atoms with Crippen LogP contribution in [0.1, 0.15) is 17.5 Å². The minimum atomic E-state index is -0.488. The highest BCUT2D eigenvalue weighted by atomic mass is 16.5. The van der Waals surface area contributed by atoms with Crippen LogP contribution in [0.15, 0.2) is 22.6 Å². The van der Waals surface area contributed by atoms with E-state index in [-0.39, 0.29) is 11.5 Å². The van der Waals surface area contributed by atoms with Gasteiger partial charge in [0.15, 0.2) is 0 Å². The third kappa shape index (κ3) is 1.76. The molecular formula is C11H11BO4. The second-order valence-electron chi connectivity index (χ2n) is 3.51. The molecular weight excluding hydrogens is 207 g/mol. The van der Waals surface area contributed by atoms with Crippen molar-refractivity contribution >= 4 is 30.2 Å². The predicted molar refractivity (Wildman–Crippen MR) is 62.0 cm³/mol.